The maximum absolute atomic E-state index is 12.9. The van der Waals surface area contributed by atoms with Gasteiger partial charge in [0.05, 0.1) is 13.7 Å². The van der Waals surface area contributed by atoms with E-state index in [-0.39, 0.29) is 5.82 Å². The van der Waals surface area contributed by atoms with Gasteiger partial charge in [-0.05, 0) is 42.0 Å². The monoisotopic (exact) mass is 357 g/mol. The summed E-state index contributed by atoms with van der Waals surface area (Å²) >= 11 is 5.26. The molecule has 1 heterocycles. The Kier molecular flexibility index (Phi) is 5.20. The molecule has 3 rings (SSSR count). The van der Waals surface area contributed by atoms with Crippen LogP contribution in [0.1, 0.15) is 5.56 Å². The van der Waals surface area contributed by atoms with E-state index in [1.807, 2.05) is 24.3 Å². The maximum Gasteiger partial charge on any atom is 0.248 e. The summed E-state index contributed by atoms with van der Waals surface area (Å²) in [6.07, 6.45) is 1.58. The van der Waals surface area contributed by atoms with Gasteiger partial charge in [0.1, 0.15) is 17.9 Å². The molecule has 0 spiro atoms. The van der Waals surface area contributed by atoms with Crippen molar-refractivity contribution in [2.24, 2.45) is 0 Å². The fourth-order valence-corrected chi connectivity index (χ4v) is 2.38. The quantitative estimate of drug-likeness (QED) is 0.683. The molecule has 6 nitrogen and oxygen atoms in total. The summed E-state index contributed by atoms with van der Waals surface area (Å²) in [6, 6.07) is 13.7. The van der Waals surface area contributed by atoms with E-state index in [0.29, 0.717) is 17.6 Å². The van der Waals surface area contributed by atoms with Gasteiger partial charge in [-0.3, -0.25) is 5.32 Å². The molecule has 128 valence electrons. The molecule has 25 heavy (non-hydrogen) atoms. The molecule has 0 amide bonds. The smallest absolute Gasteiger partial charge is 0.248 e. The molecule has 0 saturated heterocycles. The zero-order chi connectivity index (χ0) is 17.6. The van der Waals surface area contributed by atoms with Crippen LogP contribution in [-0.2, 0) is 6.54 Å². The highest BCUT2D eigenvalue weighted by molar-refractivity contribution is 7.80. The number of anilines is 2. The van der Waals surface area contributed by atoms with Crippen LogP contribution in [0.4, 0.5) is 16.0 Å². The van der Waals surface area contributed by atoms with Crippen LogP contribution < -0.4 is 15.4 Å². The SMILES string of the molecule is COc1cccc(NC(=S)Nc2ncn(Cc3ccc(F)cc3)n2)c1. The van der Waals surface area contributed by atoms with Gasteiger partial charge in [-0.2, -0.15) is 0 Å². The summed E-state index contributed by atoms with van der Waals surface area (Å²) < 4.78 is 19.7. The number of halogens is 1. The molecule has 3 aromatic rings. The number of ether oxygens (including phenoxy) is 1. The van der Waals surface area contributed by atoms with Gasteiger partial charge in [0.2, 0.25) is 5.95 Å². The van der Waals surface area contributed by atoms with E-state index in [4.69, 9.17) is 17.0 Å². The van der Waals surface area contributed by atoms with Gasteiger partial charge in [0.15, 0.2) is 5.11 Å². The molecule has 0 saturated carbocycles. The summed E-state index contributed by atoms with van der Waals surface area (Å²) in [5.41, 5.74) is 1.72. The number of hydrogen-bond acceptors (Lipinski definition) is 4. The second-order valence-electron chi connectivity index (χ2n) is 5.20. The number of benzene rings is 2. The molecular weight excluding hydrogens is 341 g/mol. The van der Waals surface area contributed by atoms with Crippen LogP contribution in [0.25, 0.3) is 0 Å². The molecule has 2 aromatic carbocycles. The van der Waals surface area contributed by atoms with E-state index in [1.165, 1.54) is 12.1 Å². The minimum Gasteiger partial charge on any atom is -0.497 e. The Labute approximate surface area is 149 Å². The van der Waals surface area contributed by atoms with Crippen molar-refractivity contribution < 1.29 is 9.13 Å². The van der Waals surface area contributed by atoms with E-state index >= 15 is 0 Å². The van der Waals surface area contributed by atoms with Crippen molar-refractivity contribution >= 4 is 29.0 Å². The van der Waals surface area contributed by atoms with Crippen LogP contribution >= 0.6 is 12.2 Å². The van der Waals surface area contributed by atoms with Gasteiger partial charge < -0.3 is 10.1 Å². The summed E-state index contributed by atoms with van der Waals surface area (Å²) in [6.45, 7) is 0.491. The van der Waals surface area contributed by atoms with Crippen molar-refractivity contribution in [2.45, 2.75) is 6.54 Å². The van der Waals surface area contributed by atoms with E-state index in [1.54, 1.807) is 30.3 Å². The lowest BCUT2D eigenvalue weighted by molar-refractivity contribution is 0.415. The highest BCUT2D eigenvalue weighted by atomic mass is 32.1. The van der Waals surface area contributed by atoms with Crippen molar-refractivity contribution in [1.29, 1.82) is 0 Å². The first-order valence-corrected chi connectivity index (χ1v) is 7.89. The molecule has 2 N–H and O–H groups in total. The van der Waals surface area contributed by atoms with E-state index in [9.17, 15) is 4.39 Å². The molecule has 8 heteroatoms. The Morgan fingerprint density at radius 3 is 2.76 bits per heavy atom. The average Bonchev–Trinajstić information content (AvgIpc) is 3.04. The van der Waals surface area contributed by atoms with Crippen molar-refractivity contribution in [3.8, 4) is 5.75 Å². The molecule has 0 aliphatic rings. The van der Waals surface area contributed by atoms with E-state index in [0.717, 1.165) is 17.0 Å². The molecule has 0 bridgehead atoms. The van der Waals surface area contributed by atoms with Crippen LogP contribution in [0.3, 0.4) is 0 Å². The van der Waals surface area contributed by atoms with Crippen LogP contribution in [0, 0.1) is 5.82 Å². The second-order valence-corrected chi connectivity index (χ2v) is 5.61. The van der Waals surface area contributed by atoms with Crippen LogP contribution in [0.15, 0.2) is 54.9 Å². The number of thiocarbonyl (C=S) groups is 1. The van der Waals surface area contributed by atoms with Crippen LogP contribution in [0.2, 0.25) is 0 Å². The van der Waals surface area contributed by atoms with Gasteiger partial charge in [0, 0.05) is 11.8 Å². The summed E-state index contributed by atoms with van der Waals surface area (Å²) in [7, 11) is 1.60. The summed E-state index contributed by atoms with van der Waals surface area (Å²) in [5, 5.41) is 10.6. The van der Waals surface area contributed by atoms with Gasteiger partial charge in [-0.25, -0.2) is 14.1 Å². The van der Waals surface area contributed by atoms with Gasteiger partial charge >= 0.3 is 0 Å². The van der Waals surface area contributed by atoms with Crippen molar-refractivity contribution in [3.05, 3.63) is 66.2 Å². The fraction of sp³-hybridized carbons (Fsp3) is 0.118. The lowest BCUT2D eigenvalue weighted by Crippen LogP contribution is -2.20. The number of hydrogen-bond donors (Lipinski definition) is 2. The molecule has 0 fully saturated rings. The number of aromatic nitrogens is 3. The molecule has 0 unspecified atom stereocenters. The minimum atomic E-state index is -0.265. The van der Waals surface area contributed by atoms with E-state index in [2.05, 4.69) is 20.7 Å². The van der Waals surface area contributed by atoms with E-state index < -0.39 is 0 Å². The van der Waals surface area contributed by atoms with Gasteiger partial charge in [0.25, 0.3) is 0 Å². The largest absolute Gasteiger partial charge is 0.497 e. The number of nitrogens with one attached hydrogen (secondary N) is 2. The molecule has 0 aliphatic carbocycles. The zero-order valence-corrected chi connectivity index (χ0v) is 14.3. The Balaban J connectivity index is 1.58. The third kappa shape index (κ3) is 4.74. The minimum absolute atomic E-state index is 0.265. The highest BCUT2D eigenvalue weighted by Crippen LogP contribution is 2.16. The molecule has 0 aliphatic heterocycles. The predicted molar refractivity (Wildman–Crippen MR) is 98.4 cm³/mol. The Morgan fingerprint density at radius 1 is 1.20 bits per heavy atom. The molecule has 0 radical (unpaired) electrons. The first-order chi connectivity index (χ1) is 12.1. The third-order valence-corrected chi connectivity index (χ3v) is 3.55. The van der Waals surface area contributed by atoms with Crippen molar-refractivity contribution in [1.82, 2.24) is 14.8 Å². The van der Waals surface area contributed by atoms with Crippen LogP contribution in [0.5, 0.6) is 5.75 Å². The highest BCUT2D eigenvalue weighted by Gasteiger charge is 2.05. The second kappa shape index (κ2) is 7.71. The lowest BCUT2D eigenvalue weighted by Gasteiger charge is -2.09. The normalized spacial score (nSPS) is 10.3. The molecule has 0 atom stereocenters. The first-order valence-electron chi connectivity index (χ1n) is 7.48. The fourth-order valence-electron chi connectivity index (χ4n) is 2.17. The number of rotatable bonds is 5. The van der Waals surface area contributed by atoms with Gasteiger partial charge in [-0.1, -0.05) is 18.2 Å². The molecular formula is C17H16FN5OS. The first kappa shape index (κ1) is 16.8. The molecule has 1 aromatic heterocycles. The van der Waals surface area contributed by atoms with Gasteiger partial charge in [-0.15, -0.1) is 5.10 Å². The lowest BCUT2D eigenvalue weighted by atomic mass is 10.2. The van der Waals surface area contributed by atoms with Crippen molar-refractivity contribution in [2.75, 3.05) is 17.7 Å². The topological polar surface area (TPSA) is 64.0 Å². The average molecular weight is 357 g/mol. The predicted octanol–water partition coefficient (Wildman–Crippen LogP) is 3.28. The van der Waals surface area contributed by atoms with Crippen LogP contribution in [-0.4, -0.2) is 27.0 Å². The Bertz CT molecular complexity index is 865. The summed E-state index contributed by atoms with van der Waals surface area (Å²) in [4.78, 5) is 4.16. The number of methoxy groups -OCH3 is 1. The van der Waals surface area contributed by atoms with Crippen molar-refractivity contribution in [3.63, 3.8) is 0 Å². The Morgan fingerprint density at radius 2 is 2.00 bits per heavy atom. The zero-order valence-electron chi connectivity index (χ0n) is 13.4. The summed E-state index contributed by atoms with van der Waals surface area (Å²) in [5.74, 6) is 0.843. The standard InChI is InChI=1S/C17H16FN5OS/c1-24-15-4-2-3-14(9-15)20-17(25)21-16-19-11-23(22-16)10-12-5-7-13(18)8-6-12/h2-9,11H,10H2,1H3,(H2,20,21,22,25). The third-order valence-electron chi connectivity index (χ3n) is 3.35. The Hall–Kier alpha value is -3.00. The maximum atomic E-state index is 12.9. The number of nitrogens with zero attached hydrogens (tertiary/aromatic N) is 3.